The highest BCUT2D eigenvalue weighted by atomic mass is 35.5. The second-order valence-corrected chi connectivity index (χ2v) is 7.65. The maximum atomic E-state index is 13.1. The number of furan rings is 1. The third-order valence-corrected chi connectivity index (χ3v) is 5.21. The van der Waals surface area contributed by atoms with Gasteiger partial charge in [-0.3, -0.25) is 4.79 Å². The van der Waals surface area contributed by atoms with Crippen molar-refractivity contribution < 1.29 is 13.7 Å². The van der Waals surface area contributed by atoms with E-state index in [2.05, 4.69) is 10.1 Å². The molecule has 8 heteroatoms. The van der Waals surface area contributed by atoms with Gasteiger partial charge in [0.15, 0.2) is 5.76 Å². The van der Waals surface area contributed by atoms with Gasteiger partial charge in [0.25, 0.3) is 11.6 Å². The van der Waals surface area contributed by atoms with Crippen LogP contribution in [0.15, 0.2) is 45.5 Å². The molecule has 0 aliphatic heterocycles. The van der Waals surface area contributed by atoms with Crippen molar-refractivity contribution >= 4 is 39.9 Å². The molecule has 0 atom stereocenters. The molecule has 0 spiro atoms. The minimum atomic E-state index is -0.152. The Kier molecular flexibility index (Phi) is 4.26. The average molecular weight is 388 g/mol. The second-order valence-electron chi connectivity index (χ2n) is 5.85. The maximum Gasteiger partial charge on any atom is 0.259 e. The number of amides is 1. The molecule has 4 aromatic heterocycles. The van der Waals surface area contributed by atoms with Gasteiger partial charge in [-0.1, -0.05) is 16.8 Å². The molecule has 0 aliphatic rings. The number of carbonyl (C=O) groups is 1. The quantitative estimate of drug-likeness (QED) is 0.504. The lowest BCUT2D eigenvalue weighted by molar-refractivity contribution is 0.0788. The molecule has 0 bridgehead atoms. The summed E-state index contributed by atoms with van der Waals surface area (Å²) in [4.78, 5) is 20.2. The first-order valence-electron chi connectivity index (χ1n) is 7.83. The van der Waals surface area contributed by atoms with E-state index in [1.165, 1.54) is 11.3 Å². The Balaban J connectivity index is 1.76. The van der Waals surface area contributed by atoms with Gasteiger partial charge in [-0.05, 0) is 37.3 Å². The third kappa shape index (κ3) is 3.00. The maximum absolute atomic E-state index is 13.1. The monoisotopic (exact) mass is 387 g/mol. The molecule has 4 heterocycles. The van der Waals surface area contributed by atoms with Crippen LogP contribution in [0, 0.1) is 6.92 Å². The number of pyridine rings is 1. The van der Waals surface area contributed by atoms with Gasteiger partial charge in [0, 0.05) is 11.9 Å². The number of hydrogen-bond acceptors (Lipinski definition) is 6. The number of rotatable bonds is 4. The smallest absolute Gasteiger partial charge is 0.259 e. The van der Waals surface area contributed by atoms with Crippen LogP contribution in [-0.2, 0) is 6.54 Å². The number of fused-ring (bicyclic) bond motifs is 1. The Labute approximate surface area is 158 Å². The molecule has 1 amide bonds. The van der Waals surface area contributed by atoms with Gasteiger partial charge < -0.3 is 13.8 Å². The highest BCUT2D eigenvalue weighted by molar-refractivity contribution is 7.16. The summed E-state index contributed by atoms with van der Waals surface area (Å²) < 4.78 is 11.4. The zero-order chi connectivity index (χ0) is 18.3. The van der Waals surface area contributed by atoms with E-state index >= 15 is 0 Å². The summed E-state index contributed by atoms with van der Waals surface area (Å²) in [7, 11) is 1.75. The molecule has 26 heavy (non-hydrogen) atoms. The van der Waals surface area contributed by atoms with E-state index in [0.29, 0.717) is 44.7 Å². The highest BCUT2D eigenvalue weighted by Gasteiger charge is 2.22. The molecule has 4 aromatic rings. The van der Waals surface area contributed by atoms with Gasteiger partial charge >= 0.3 is 0 Å². The molecule has 0 saturated heterocycles. The van der Waals surface area contributed by atoms with E-state index in [-0.39, 0.29) is 5.91 Å². The van der Waals surface area contributed by atoms with Crippen LogP contribution in [0.25, 0.3) is 22.6 Å². The van der Waals surface area contributed by atoms with Crippen molar-refractivity contribution in [3.8, 4) is 11.5 Å². The minimum Gasteiger partial charge on any atom is -0.463 e. The van der Waals surface area contributed by atoms with Crippen LogP contribution < -0.4 is 0 Å². The van der Waals surface area contributed by atoms with Gasteiger partial charge in [0.05, 0.1) is 33.8 Å². The zero-order valence-electron chi connectivity index (χ0n) is 14.0. The summed E-state index contributed by atoms with van der Waals surface area (Å²) in [6.45, 7) is 2.25. The lowest BCUT2D eigenvalue weighted by Crippen LogP contribution is -2.26. The summed E-state index contributed by atoms with van der Waals surface area (Å²) in [5, 5.41) is 4.57. The second kappa shape index (κ2) is 6.59. The third-order valence-electron chi connectivity index (χ3n) is 3.99. The van der Waals surface area contributed by atoms with Gasteiger partial charge in [-0.2, -0.15) is 0 Å². The van der Waals surface area contributed by atoms with Gasteiger partial charge in [0.2, 0.25) is 0 Å². The Bertz CT molecular complexity index is 1080. The first-order valence-corrected chi connectivity index (χ1v) is 9.03. The standard InChI is InChI=1S/C18H14ClN3O3S/c1-10-16-12(18(23)22(2)9-11-5-6-15(19)26-11)8-13(14-4-3-7-24-14)20-17(16)25-21-10/h3-8H,9H2,1-2H3. The SMILES string of the molecule is Cc1noc2nc(-c3ccco3)cc(C(=O)N(C)Cc3ccc(Cl)s3)c12. The number of hydrogen-bond donors (Lipinski definition) is 0. The molecule has 0 unspecified atom stereocenters. The highest BCUT2D eigenvalue weighted by Crippen LogP contribution is 2.29. The lowest BCUT2D eigenvalue weighted by atomic mass is 10.1. The van der Waals surface area contributed by atoms with Crippen molar-refractivity contribution in [3.05, 3.63) is 57.1 Å². The van der Waals surface area contributed by atoms with Crippen LogP contribution in [0.2, 0.25) is 4.34 Å². The Morgan fingerprint density at radius 2 is 2.19 bits per heavy atom. The van der Waals surface area contributed by atoms with E-state index in [1.807, 2.05) is 12.1 Å². The molecule has 0 radical (unpaired) electrons. The summed E-state index contributed by atoms with van der Waals surface area (Å²) in [6.07, 6.45) is 1.56. The fourth-order valence-corrected chi connectivity index (χ4v) is 3.90. The first-order chi connectivity index (χ1) is 12.5. The predicted octanol–water partition coefficient (Wildman–Crippen LogP) is 4.78. The molecule has 0 aromatic carbocycles. The van der Waals surface area contributed by atoms with E-state index in [0.717, 1.165) is 4.88 Å². The van der Waals surface area contributed by atoms with Gasteiger partial charge in [-0.25, -0.2) is 4.98 Å². The van der Waals surface area contributed by atoms with E-state index in [9.17, 15) is 4.79 Å². The number of halogens is 1. The van der Waals surface area contributed by atoms with Crippen LogP contribution in [-0.4, -0.2) is 28.0 Å². The number of carbonyl (C=O) groups excluding carboxylic acids is 1. The van der Waals surface area contributed by atoms with E-state index in [4.69, 9.17) is 20.5 Å². The summed E-state index contributed by atoms with van der Waals surface area (Å²) >= 11 is 7.43. The van der Waals surface area contributed by atoms with Crippen molar-refractivity contribution in [2.45, 2.75) is 13.5 Å². The van der Waals surface area contributed by atoms with Crippen LogP contribution in [0.3, 0.4) is 0 Å². The van der Waals surface area contributed by atoms with Gasteiger partial charge in [0.1, 0.15) is 5.69 Å². The Morgan fingerprint density at radius 3 is 2.88 bits per heavy atom. The van der Waals surface area contributed by atoms with Crippen molar-refractivity contribution in [3.63, 3.8) is 0 Å². The number of aryl methyl sites for hydroxylation is 1. The summed E-state index contributed by atoms with van der Waals surface area (Å²) in [6, 6.07) is 9.00. The molecule has 132 valence electrons. The lowest BCUT2D eigenvalue weighted by Gasteiger charge is -2.17. The number of thiophene rings is 1. The Morgan fingerprint density at radius 1 is 1.35 bits per heavy atom. The molecule has 6 nitrogen and oxygen atoms in total. The Hall–Kier alpha value is -2.64. The van der Waals surface area contributed by atoms with Crippen LogP contribution in [0.1, 0.15) is 20.9 Å². The molecular weight excluding hydrogens is 374 g/mol. The fourth-order valence-electron chi connectivity index (χ4n) is 2.76. The fraction of sp³-hybridized carbons (Fsp3) is 0.167. The van der Waals surface area contributed by atoms with E-state index in [1.54, 1.807) is 43.3 Å². The van der Waals surface area contributed by atoms with Crippen LogP contribution in [0.4, 0.5) is 0 Å². The molecule has 4 rings (SSSR count). The molecule has 0 N–H and O–H groups in total. The van der Waals surface area contributed by atoms with Crippen molar-refractivity contribution in [2.24, 2.45) is 0 Å². The van der Waals surface area contributed by atoms with Crippen molar-refractivity contribution in [1.82, 2.24) is 15.0 Å². The molecule has 0 saturated carbocycles. The molecular formula is C18H14ClN3O3S. The average Bonchev–Trinajstić information content (AvgIpc) is 3.36. The van der Waals surface area contributed by atoms with E-state index < -0.39 is 0 Å². The summed E-state index contributed by atoms with van der Waals surface area (Å²) in [5.41, 5.74) is 1.93. The van der Waals surface area contributed by atoms with Crippen molar-refractivity contribution in [1.29, 1.82) is 0 Å². The molecule has 0 fully saturated rings. The van der Waals surface area contributed by atoms with Crippen LogP contribution in [0.5, 0.6) is 0 Å². The molecule has 0 aliphatic carbocycles. The van der Waals surface area contributed by atoms with Gasteiger partial charge in [-0.15, -0.1) is 11.3 Å². The van der Waals surface area contributed by atoms with Crippen molar-refractivity contribution in [2.75, 3.05) is 7.05 Å². The van der Waals surface area contributed by atoms with Crippen LogP contribution >= 0.6 is 22.9 Å². The largest absolute Gasteiger partial charge is 0.463 e. The normalized spacial score (nSPS) is 11.2. The predicted molar refractivity (Wildman–Crippen MR) is 99.4 cm³/mol. The summed E-state index contributed by atoms with van der Waals surface area (Å²) in [5.74, 6) is 0.406. The minimum absolute atomic E-state index is 0.152. The number of aromatic nitrogens is 2. The zero-order valence-corrected chi connectivity index (χ0v) is 15.6. The first kappa shape index (κ1) is 16.8. The number of nitrogens with zero attached hydrogens (tertiary/aromatic N) is 3. The topological polar surface area (TPSA) is 72.4 Å².